The number of halogens is 1. The van der Waals surface area contributed by atoms with Crippen LogP contribution in [-0.2, 0) is 9.53 Å². The van der Waals surface area contributed by atoms with E-state index in [-0.39, 0.29) is 6.54 Å². The van der Waals surface area contributed by atoms with Gasteiger partial charge in [0.25, 0.3) is 11.8 Å². The summed E-state index contributed by atoms with van der Waals surface area (Å²) in [5.74, 6) is -0.960. The maximum absolute atomic E-state index is 12.7. The maximum atomic E-state index is 12.7. The molecule has 1 heterocycles. The van der Waals surface area contributed by atoms with Gasteiger partial charge in [-0.25, -0.2) is 4.79 Å². The van der Waals surface area contributed by atoms with E-state index in [0.29, 0.717) is 16.3 Å². The molecule has 0 saturated carbocycles. The van der Waals surface area contributed by atoms with Crippen LogP contribution in [0.25, 0.3) is 0 Å². The molecule has 134 valence electrons. The van der Waals surface area contributed by atoms with Crippen molar-refractivity contribution in [1.29, 1.82) is 0 Å². The maximum Gasteiger partial charge on any atom is 0.506 e. The zero-order valence-electron chi connectivity index (χ0n) is 13.5. The van der Waals surface area contributed by atoms with Gasteiger partial charge in [-0.15, -0.1) is 0 Å². The van der Waals surface area contributed by atoms with Crippen molar-refractivity contribution in [1.82, 2.24) is 5.32 Å². The lowest BCUT2D eigenvalue weighted by Crippen LogP contribution is -2.47. The molecule has 0 aliphatic carbocycles. The predicted octanol–water partition coefficient (Wildman–Crippen LogP) is 2.55. The molecule has 3 rings (SSSR count). The van der Waals surface area contributed by atoms with E-state index in [9.17, 15) is 14.4 Å². The minimum atomic E-state index is -1.51. The minimum Gasteiger partial charge on any atom is -0.450 e. The Bertz CT molecular complexity index is 825. The number of anilines is 1. The van der Waals surface area contributed by atoms with Gasteiger partial charge in [0.1, 0.15) is 6.04 Å². The predicted molar refractivity (Wildman–Crippen MR) is 94.4 cm³/mol. The van der Waals surface area contributed by atoms with Gasteiger partial charge < -0.3 is 20.1 Å². The van der Waals surface area contributed by atoms with Gasteiger partial charge in [-0.3, -0.25) is 9.59 Å². The molecule has 7 nitrogen and oxygen atoms in total. The Morgan fingerprint density at radius 3 is 2.38 bits per heavy atom. The standard InChI is InChI=1S/C18H15ClN2O5/c19-12-8-6-11(7-9-12)16(22)20-15-14(26-18(24)25)10-21(17(15)23)13-4-2-1-3-5-13/h1-9,14-15H,10H2,(H,20,22)(H,24,25)/t14-,15+/m0/s1. The highest BCUT2D eigenvalue weighted by atomic mass is 35.5. The van der Waals surface area contributed by atoms with Crippen LogP contribution in [0.2, 0.25) is 5.02 Å². The van der Waals surface area contributed by atoms with Crippen LogP contribution in [0.3, 0.4) is 0 Å². The zero-order chi connectivity index (χ0) is 18.7. The number of ether oxygens (including phenoxy) is 1. The van der Waals surface area contributed by atoms with Gasteiger partial charge >= 0.3 is 6.16 Å². The van der Waals surface area contributed by atoms with E-state index < -0.39 is 30.1 Å². The van der Waals surface area contributed by atoms with E-state index in [1.807, 2.05) is 0 Å². The second kappa shape index (κ2) is 7.45. The summed E-state index contributed by atoms with van der Waals surface area (Å²) in [6.45, 7) is 0.0146. The monoisotopic (exact) mass is 374 g/mol. The Hall–Kier alpha value is -3.06. The molecule has 1 aliphatic heterocycles. The largest absolute Gasteiger partial charge is 0.506 e. The molecule has 8 heteroatoms. The number of hydrogen-bond donors (Lipinski definition) is 2. The van der Waals surface area contributed by atoms with Crippen molar-refractivity contribution in [2.24, 2.45) is 0 Å². The average Bonchev–Trinajstić information content (AvgIpc) is 2.92. The molecule has 2 amide bonds. The molecule has 2 aromatic carbocycles. The van der Waals surface area contributed by atoms with E-state index in [2.05, 4.69) is 5.32 Å². The van der Waals surface area contributed by atoms with Crippen LogP contribution in [0.4, 0.5) is 10.5 Å². The molecule has 0 radical (unpaired) electrons. The zero-order valence-corrected chi connectivity index (χ0v) is 14.2. The summed E-state index contributed by atoms with van der Waals surface area (Å²) in [4.78, 5) is 37.5. The van der Waals surface area contributed by atoms with Crippen LogP contribution < -0.4 is 10.2 Å². The summed E-state index contributed by atoms with van der Waals surface area (Å²) in [5.41, 5.74) is 0.897. The summed E-state index contributed by atoms with van der Waals surface area (Å²) < 4.78 is 4.82. The fraction of sp³-hybridized carbons (Fsp3) is 0.167. The van der Waals surface area contributed by atoms with Gasteiger partial charge in [0.15, 0.2) is 6.10 Å². The number of carboxylic acid groups (broad SMARTS) is 1. The normalized spacial score (nSPS) is 19.3. The van der Waals surface area contributed by atoms with Crippen molar-refractivity contribution >= 4 is 35.3 Å². The van der Waals surface area contributed by atoms with Crippen LogP contribution in [0.5, 0.6) is 0 Å². The molecular weight excluding hydrogens is 360 g/mol. The quantitative estimate of drug-likeness (QED) is 0.802. The first-order chi connectivity index (χ1) is 12.5. The molecule has 1 saturated heterocycles. The van der Waals surface area contributed by atoms with Crippen molar-refractivity contribution in [3.8, 4) is 0 Å². The fourth-order valence-electron chi connectivity index (χ4n) is 2.76. The van der Waals surface area contributed by atoms with Gasteiger partial charge in [-0.1, -0.05) is 29.8 Å². The fourth-order valence-corrected chi connectivity index (χ4v) is 2.88. The summed E-state index contributed by atoms with van der Waals surface area (Å²) in [6.07, 6.45) is -2.53. The first kappa shape index (κ1) is 17.8. The van der Waals surface area contributed by atoms with Gasteiger partial charge in [0.2, 0.25) is 0 Å². The lowest BCUT2D eigenvalue weighted by Gasteiger charge is -2.17. The van der Waals surface area contributed by atoms with Crippen LogP contribution in [0, 0.1) is 0 Å². The molecule has 0 aromatic heterocycles. The number of rotatable bonds is 4. The van der Waals surface area contributed by atoms with E-state index >= 15 is 0 Å². The summed E-state index contributed by atoms with van der Waals surface area (Å²) in [5, 5.41) is 12.0. The summed E-state index contributed by atoms with van der Waals surface area (Å²) in [6, 6.07) is 13.8. The first-order valence-corrected chi connectivity index (χ1v) is 8.16. The Morgan fingerprint density at radius 1 is 1.12 bits per heavy atom. The van der Waals surface area contributed by atoms with E-state index in [4.69, 9.17) is 21.4 Å². The highest BCUT2D eigenvalue weighted by molar-refractivity contribution is 6.30. The van der Waals surface area contributed by atoms with Crippen molar-refractivity contribution < 1.29 is 24.2 Å². The number of benzene rings is 2. The SMILES string of the molecule is O=C(O)O[C@H]1CN(c2ccccc2)C(=O)[C@@H]1NC(=O)c1ccc(Cl)cc1. The number of amides is 2. The third kappa shape index (κ3) is 3.78. The van der Waals surface area contributed by atoms with Crippen LogP contribution in [0.15, 0.2) is 54.6 Å². The molecule has 2 atom stereocenters. The highest BCUT2D eigenvalue weighted by Crippen LogP contribution is 2.24. The van der Waals surface area contributed by atoms with E-state index in [0.717, 1.165) is 0 Å². The number of para-hydroxylation sites is 1. The summed E-state index contributed by atoms with van der Waals surface area (Å²) >= 11 is 5.80. The Balaban J connectivity index is 1.82. The van der Waals surface area contributed by atoms with E-state index in [1.165, 1.54) is 17.0 Å². The second-order valence-electron chi connectivity index (χ2n) is 5.66. The Labute approximate surface area is 154 Å². The topological polar surface area (TPSA) is 95.9 Å². The second-order valence-corrected chi connectivity index (χ2v) is 6.10. The highest BCUT2D eigenvalue weighted by Gasteiger charge is 2.44. The number of nitrogens with one attached hydrogen (secondary N) is 1. The number of carbonyl (C=O) groups is 3. The first-order valence-electron chi connectivity index (χ1n) is 7.78. The molecule has 26 heavy (non-hydrogen) atoms. The molecule has 0 spiro atoms. The molecule has 1 aliphatic rings. The number of carbonyl (C=O) groups excluding carboxylic acids is 2. The molecular formula is C18H15ClN2O5. The van der Waals surface area contributed by atoms with Crippen molar-refractivity contribution in [2.75, 3.05) is 11.4 Å². The van der Waals surface area contributed by atoms with Gasteiger partial charge in [0.05, 0.1) is 6.54 Å². The smallest absolute Gasteiger partial charge is 0.450 e. The third-order valence-corrected chi connectivity index (χ3v) is 4.23. The van der Waals surface area contributed by atoms with Crippen LogP contribution in [0.1, 0.15) is 10.4 Å². The van der Waals surface area contributed by atoms with Gasteiger partial charge in [0, 0.05) is 16.3 Å². The molecule has 0 unspecified atom stereocenters. The Kier molecular flexibility index (Phi) is 5.09. The number of hydrogen-bond acceptors (Lipinski definition) is 4. The van der Waals surface area contributed by atoms with Crippen molar-refractivity contribution in [3.63, 3.8) is 0 Å². The van der Waals surface area contributed by atoms with Crippen molar-refractivity contribution in [2.45, 2.75) is 12.1 Å². The Morgan fingerprint density at radius 2 is 1.77 bits per heavy atom. The number of nitrogens with zero attached hydrogens (tertiary/aromatic N) is 1. The minimum absolute atomic E-state index is 0.0146. The lowest BCUT2D eigenvalue weighted by molar-refractivity contribution is -0.119. The molecule has 0 bridgehead atoms. The third-order valence-electron chi connectivity index (χ3n) is 3.98. The van der Waals surface area contributed by atoms with Gasteiger partial charge in [-0.2, -0.15) is 0 Å². The lowest BCUT2D eigenvalue weighted by atomic mass is 10.1. The van der Waals surface area contributed by atoms with Crippen molar-refractivity contribution in [3.05, 3.63) is 65.2 Å². The van der Waals surface area contributed by atoms with Crippen LogP contribution >= 0.6 is 11.6 Å². The van der Waals surface area contributed by atoms with Crippen LogP contribution in [-0.4, -0.2) is 41.8 Å². The van der Waals surface area contributed by atoms with Gasteiger partial charge in [-0.05, 0) is 36.4 Å². The molecule has 2 N–H and O–H groups in total. The van der Waals surface area contributed by atoms with E-state index in [1.54, 1.807) is 42.5 Å². The molecule has 1 fully saturated rings. The summed E-state index contributed by atoms with van der Waals surface area (Å²) in [7, 11) is 0. The average molecular weight is 375 g/mol. The molecule has 2 aromatic rings.